The molecule has 0 atom stereocenters. The lowest BCUT2D eigenvalue weighted by atomic mass is 10.3. The van der Waals surface area contributed by atoms with Gasteiger partial charge in [-0.3, -0.25) is 9.59 Å². The standard InChI is InChI=1S/C20H40O7Si2/c1-7-8-16-28(3,4)27-29(5,6)17-10-12-24-14-15-25-19(22)11-9-13-26-20(23)18(2)21/h7-17H2,1-6H3. The summed E-state index contributed by atoms with van der Waals surface area (Å²) < 4.78 is 21.9. The van der Waals surface area contributed by atoms with Crippen molar-refractivity contribution in [3.63, 3.8) is 0 Å². The quantitative estimate of drug-likeness (QED) is 0.143. The number of carbonyl (C=O) groups excluding carboxylic acids is 3. The molecule has 0 unspecified atom stereocenters. The molecule has 0 spiro atoms. The molecular formula is C20H40O7Si2. The predicted molar refractivity (Wildman–Crippen MR) is 118 cm³/mol. The number of Topliss-reactive ketones (excluding diaryl/α,β-unsaturated/α-hetero) is 1. The molecule has 0 saturated carbocycles. The molecule has 0 radical (unpaired) electrons. The van der Waals surface area contributed by atoms with Gasteiger partial charge < -0.3 is 18.3 Å². The smallest absolute Gasteiger partial charge is 0.374 e. The lowest BCUT2D eigenvalue weighted by Crippen LogP contribution is -2.44. The van der Waals surface area contributed by atoms with Gasteiger partial charge in [-0.1, -0.05) is 19.8 Å². The zero-order valence-corrected chi connectivity index (χ0v) is 21.1. The second kappa shape index (κ2) is 14.9. The fourth-order valence-corrected chi connectivity index (χ4v) is 11.9. The molecule has 0 aliphatic heterocycles. The summed E-state index contributed by atoms with van der Waals surface area (Å²) in [4.78, 5) is 33.2. The van der Waals surface area contributed by atoms with Crippen molar-refractivity contribution >= 4 is 34.4 Å². The largest absolute Gasteiger partial charge is 0.463 e. The molecule has 0 bridgehead atoms. The summed E-state index contributed by atoms with van der Waals surface area (Å²) >= 11 is 0. The van der Waals surface area contributed by atoms with Crippen molar-refractivity contribution in [1.82, 2.24) is 0 Å². The second-order valence-corrected chi connectivity index (χ2v) is 17.3. The Morgan fingerprint density at radius 1 is 0.759 bits per heavy atom. The summed E-state index contributed by atoms with van der Waals surface area (Å²) in [6, 6.07) is 2.29. The Labute approximate surface area is 178 Å². The van der Waals surface area contributed by atoms with Crippen LogP contribution in [0.25, 0.3) is 0 Å². The molecule has 0 rings (SSSR count). The van der Waals surface area contributed by atoms with E-state index in [9.17, 15) is 14.4 Å². The summed E-state index contributed by atoms with van der Waals surface area (Å²) in [5.74, 6) is -1.89. The van der Waals surface area contributed by atoms with Crippen molar-refractivity contribution in [3.8, 4) is 0 Å². The highest BCUT2D eigenvalue weighted by molar-refractivity contribution is 6.84. The normalized spacial score (nSPS) is 11.9. The van der Waals surface area contributed by atoms with Crippen molar-refractivity contribution < 1.29 is 32.7 Å². The van der Waals surface area contributed by atoms with Crippen molar-refractivity contribution in [1.29, 1.82) is 0 Å². The van der Waals surface area contributed by atoms with Crippen LogP contribution in [-0.2, 0) is 32.7 Å². The van der Waals surface area contributed by atoms with Crippen LogP contribution in [0.4, 0.5) is 0 Å². The van der Waals surface area contributed by atoms with E-state index < -0.39 is 28.4 Å². The molecule has 0 heterocycles. The summed E-state index contributed by atoms with van der Waals surface area (Å²) in [5.41, 5.74) is 0. The van der Waals surface area contributed by atoms with Crippen molar-refractivity contribution in [3.05, 3.63) is 0 Å². The molecule has 0 amide bonds. The number of ether oxygens (including phenoxy) is 3. The molecule has 9 heteroatoms. The first-order valence-corrected chi connectivity index (χ1v) is 16.8. The fourth-order valence-electron chi connectivity index (χ4n) is 2.92. The summed E-state index contributed by atoms with van der Waals surface area (Å²) in [5, 5.41) is 0. The highest BCUT2D eigenvalue weighted by Crippen LogP contribution is 2.24. The van der Waals surface area contributed by atoms with Crippen molar-refractivity contribution in [2.24, 2.45) is 0 Å². The molecule has 0 saturated heterocycles. The first-order chi connectivity index (χ1) is 13.5. The number of rotatable bonds is 17. The van der Waals surface area contributed by atoms with Gasteiger partial charge in [0.2, 0.25) is 5.78 Å². The number of unbranched alkanes of at least 4 members (excludes halogenated alkanes) is 1. The van der Waals surface area contributed by atoms with Gasteiger partial charge in [-0.2, -0.15) is 0 Å². The number of carbonyl (C=O) groups is 3. The maximum Gasteiger partial charge on any atom is 0.374 e. The number of esters is 2. The molecule has 0 aromatic heterocycles. The Bertz CT molecular complexity index is 507. The van der Waals surface area contributed by atoms with Gasteiger partial charge in [0.25, 0.3) is 0 Å². The monoisotopic (exact) mass is 448 g/mol. The van der Waals surface area contributed by atoms with Crippen LogP contribution in [0, 0.1) is 0 Å². The Morgan fingerprint density at radius 2 is 1.38 bits per heavy atom. The predicted octanol–water partition coefficient (Wildman–Crippen LogP) is 4.08. The van der Waals surface area contributed by atoms with Gasteiger partial charge in [-0.15, -0.1) is 0 Å². The van der Waals surface area contributed by atoms with Crippen LogP contribution in [0.2, 0.25) is 38.3 Å². The Kier molecular flexibility index (Phi) is 14.3. The lowest BCUT2D eigenvalue weighted by Gasteiger charge is -2.34. The van der Waals surface area contributed by atoms with Crippen LogP contribution in [0.15, 0.2) is 0 Å². The molecule has 170 valence electrons. The molecule has 7 nitrogen and oxygen atoms in total. The van der Waals surface area contributed by atoms with E-state index in [4.69, 9.17) is 13.6 Å². The average Bonchev–Trinajstić information content (AvgIpc) is 2.61. The third-order valence-corrected chi connectivity index (χ3v) is 11.8. The molecule has 0 aromatic rings. The van der Waals surface area contributed by atoms with Crippen molar-refractivity contribution in [2.75, 3.05) is 26.4 Å². The van der Waals surface area contributed by atoms with Gasteiger partial charge in [-0.05, 0) is 51.1 Å². The van der Waals surface area contributed by atoms with Crippen molar-refractivity contribution in [2.45, 2.75) is 84.2 Å². The van der Waals surface area contributed by atoms with E-state index in [1.165, 1.54) is 18.9 Å². The Morgan fingerprint density at radius 3 is 1.97 bits per heavy atom. The summed E-state index contributed by atoms with van der Waals surface area (Å²) in [7, 11) is -3.23. The van der Waals surface area contributed by atoms with E-state index in [-0.39, 0.29) is 25.6 Å². The van der Waals surface area contributed by atoms with Crippen LogP contribution in [-0.4, -0.2) is 60.8 Å². The highest BCUT2D eigenvalue weighted by atomic mass is 28.4. The summed E-state index contributed by atoms with van der Waals surface area (Å²) in [6.45, 7) is 13.8. The van der Waals surface area contributed by atoms with E-state index >= 15 is 0 Å². The number of hydrogen-bond acceptors (Lipinski definition) is 7. The van der Waals surface area contributed by atoms with Gasteiger partial charge in [0, 0.05) is 20.0 Å². The molecule has 0 aliphatic rings. The Hall–Kier alpha value is -1.04. The minimum absolute atomic E-state index is 0.0316. The lowest BCUT2D eigenvalue weighted by molar-refractivity contribution is -0.153. The minimum Gasteiger partial charge on any atom is -0.463 e. The molecule has 29 heavy (non-hydrogen) atoms. The van der Waals surface area contributed by atoms with Crippen LogP contribution in [0.5, 0.6) is 0 Å². The zero-order valence-electron chi connectivity index (χ0n) is 19.1. The molecule has 0 fully saturated rings. The number of hydrogen-bond donors (Lipinski definition) is 0. The molecule has 0 aromatic carbocycles. The van der Waals surface area contributed by atoms with E-state index in [0.717, 1.165) is 19.4 Å². The summed E-state index contributed by atoms with van der Waals surface area (Å²) in [6.07, 6.45) is 3.88. The van der Waals surface area contributed by atoms with Crippen LogP contribution < -0.4 is 0 Å². The molecule has 0 aliphatic carbocycles. The SMILES string of the molecule is CCCC[Si](C)(C)O[Si](C)(C)CCCOCCOC(=O)CCCOC(=O)C(C)=O. The maximum absolute atomic E-state index is 11.6. The molecular weight excluding hydrogens is 408 g/mol. The van der Waals surface area contributed by atoms with E-state index in [0.29, 0.717) is 19.6 Å². The third-order valence-electron chi connectivity index (χ3n) is 4.29. The van der Waals surface area contributed by atoms with E-state index in [1.54, 1.807) is 0 Å². The highest BCUT2D eigenvalue weighted by Gasteiger charge is 2.32. The van der Waals surface area contributed by atoms with Gasteiger partial charge in [0.1, 0.15) is 6.61 Å². The van der Waals surface area contributed by atoms with Crippen LogP contribution in [0.1, 0.15) is 46.0 Å². The van der Waals surface area contributed by atoms with Gasteiger partial charge in [0.05, 0.1) is 13.2 Å². The zero-order chi connectivity index (χ0) is 22.3. The second-order valence-electron chi connectivity index (χ2n) is 8.46. The first-order valence-electron chi connectivity index (χ1n) is 10.6. The first kappa shape index (κ1) is 28.0. The van der Waals surface area contributed by atoms with Crippen LogP contribution in [0.3, 0.4) is 0 Å². The minimum atomic E-state index is -1.67. The maximum atomic E-state index is 11.6. The van der Waals surface area contributed by atoms with Crippen LogP contribution >= 0.6 is 0 Å². The van der Waals surface area contributed by atoms with E-state index in [2.05, 4.69) is 37.8 Å². The van der Waals surface area contributed by atoms with Gasteiger partial charge >= 0.3 is 11.9 Å². The fraction of sp³-hybridized carbons (Fsp3) is 0.850. The van der Waals surface area contributed by atoms with E-state index in [1.807, 2.05) is 0 Å². The average molecular weight is 449 g/mol. The van der Waals surface area contributed by atoms with Gasteiger partial charge in [0.15, 0.2) is 16.6 Å². The third kappa shape index (κ3) is 16.4. The van der Waals surface area contributed by atoms with Gasteiger partial charge in [-0.25, -0.2) is 4.79 Å². The molecule has 0 N–H and O–H groups in total. The Balaban J connectivity index is 3.72. The number of ketones is 1. The topological polar surface area (TPSA) is 88.1 Å².